The van der Waals surface area contributed by atoms with Gasteiger partial charge in [-0.25, -0.2) is 4.79 Å². The Morgan fingerprint density at radius 1 is 0.973 bits per heavy atom. The second-order valence-corrected chi connectivity index (χ2v) is 8.03. The minimum absolute atomic E-state index is 0.0336. The highest BCUT2D eigenvalue weighted by atomic mass is 16.6. The van der Waals surface area contributed by atoms with Crippen molar-refractivity contribution < 1.29 is 33.6 Å². The maximum absolute atomic E-state index is 13.1. The summed E-state index contributed by atoms with van der Waals surface area (Å²) in [5.41, 5.74) is 0.473. The number of ether oxygens (including phenoxy) is 2. The molecule has 0 aliphatic carbocycles. The monoisotopic (exact) mass is 503 g/mol. The predicted molar refractivity (Wildman–Crippen MR) is 130 cm³/mol. The summed E-state index contributed by atoms with van der Waals surface area (Å²) in [4.78, 5) is 63.1. The number of nitro groups is 1. The van der Waals surface area contributed by atoms with Crippen LogP contribution in [0.1, 0.15) is 26.3 Å². The van der Waals surface area contributed by atoms with E-state index in [2.05, 4.69) is 5.32 Å². The van der Waals surface area contributed by atoms with E-state index in [4.69, 9.17) is 9.47 Å². The van der Waals surface area contributed by atoms with Crippen molar-refractivity contribution in [3.63, 3.8) is 0 Å². The smallest absolute Gasteiger partial charge is 0.330 e. The second kappa shape index (κ2) is 10.7. The number of anilines is 1. The maximum atomic E-state index is 13.1. The Morgan fingerprint density at radius 2 is 1.59 bits per heavy atom. The van der Waals surface area contributed by atoms with Gasteiger partial charge in [0, 0.05) is 18.6 Å². The lowest BCUT2D eigenvalue weighted by Gasteiger charge is -2.24. The molecule has 1 heterocycles. The molecule has 0 aromatic heterocycles. The number of hydrogen-bond acceptors (Lipinski definition) is 8. The number of nitro benzene ring substituents is 1. The van der Waals surface area contributed by atoms with Crippen LogP contribution in [0.5, 0.6) is 5.75 Å². The summed E-state index contributed by atoms with van der Waals surface area (Å²) in [6.07, 6.45) is -0.0336. The summed E-state index contributed by atoms with van der Waals surface area (Å²) in [7, 11) is 1.36. The van der Waals surface area contributed by atoms with Gasteiger partial charge in [0.2, 0.25) is 0 Å². The minimum Gasteiger partial charge on any atom is -0.497 e. The third-order valence-corrected chi connectivity index (χ3v) is 5.70. The SMILES string of the molecule is COc1ccc([N+](=O)[O-])c(NC(=O)COC(=O)[C@H](Cc2ccccc2)N2C(=O)c3ccccc3C2=O)c1. The largest absolute Gasteiger partial charge is 0.497 e. The number of carbonyl (C=O) groups is 4. The second-order valence-electron chi connectivity index (χ2n) is 8.03. The highest BCUT2D eigenvalue weighted by Gasteiger charge is 2.43. The van der Waals surface area contributed by atoms with Crippen molar-refractivity contribution in [2.75, 3.05) is 19.0 Å². The minimum atomic E-state index is -1.34. The van der Waals surface area contributed by atoms with Crippen LogP contribution in [0.15, 0.2) is 72.8 Å². The van der Waals surface area contributed by atoms with Gasteiger partial charge in [-0.15, -0.1) is 0 Å². The summed E-state index contributed by atoms with van der Waals surface area (Å²) in [6.45, 7) is -0.804. The van der Waals surface area contributed by atoms with E-state index in [1.165, 1.54) is 37.4 Å². The molecule has 0 saturated carbocycles. The van der Waals surface area contributed by atoms with Crippen LogP contribution in [0.3, 0.4) is 0 Å². The van der Waals surface area contributed by atoms with Crippen LogP contribution in [0.25, 0.3) is 0 Å². The summed E-state index contributed by atoms with van der Waals surface area (Å²) in [5, 5.41) is 13.6. The number of hydrogen-bond donors (Lipinski definition) is 1. The van der Waals surface area contributed by atoms with Gasteiger partial charge in [0.15, 0.2) is 6.61 Å². The third-order valence-electron chi connectivity index (χ3n) is 5.70. The zero-order valence-corrected chi connectivity index (χ0v) is 19.6. The number of rotatable bonds is 9. The Labute approximate surface area is 210 Å². The lowest BCUT2D eigenvalue weighted by atomic mass is 10.0. The van der Waals surface area contributed by atoms with Crippen LogP contribution in [0.2, 0.25) is 0 Å². The standard InChI is InChI=1S/C26H21N3O8/c1-36-17-11-12-21(29(34)35)20(14-17)27-23(30)15-37-26(33)22(13-16-7-3-2-4-8-16)28-24(31)18-9-5-6-10-19(18)25(28)32/h2-12,14,22H,13,15H2,1H3,(H,27,30)/t22-/m0/s1. The Balaban J connectivity index is 1.52. The van der Waals surface area contributed by atoms with Gasteiger partial charge in [-0.05, 0) is 23.8 Å². The Morgan fingerprint density at radius 3 is 2.19 bits per heavy atom. The van der Waals surface area contributed by atoms with E-state index in [1.807, 2.05) is 0 Å². The fourth-order valence-corrected chi connectivity index (χ4v) is 3.93. The lowest BCUT2D eigenvalue weighted by Crippen LogP contribution is -2.47. The first-order chi connectivity index (χ1) is 17.8. The van der Waals surface area contributed by atoms with Crippen molar-refractivity contribution in [2.24, 2.45) is 0 Å². The lowest BCUT2D eigenvalue weighted by molar-refractivity contribution is -0.383. The molecule has 1 atom stereocenters. The molecule has 37 heavy (non-hydrogen) atoms. The van der Waals surface area contributed by atoms with E-state index in [9.17, 15) is 29.3 Å². The van der Waals surface area contributed by atoms with Crippen LogP contribution < -0.4 is 10.1 Å². The number of nitrogens with one attached hydrogen (secondary N) is 1. The van der Waals surface area contributed by atoms with Crippen molar-refractivity contribution in [3.8, 4) is 5.75 Å². The van der Waals surface area contributed by atoms with Crippen LogP contribution in [-0.4, -0.2) is 53.3 Å². The molecule has 3 amide bonds. The first-order valence-corrected chi connectivity index (χ1v) is 11.1. The molecule has 3 aromatic carbocycles. The van der Waals surface area contributed by atoms with E-state index in [-0.39, 0.29) is 34.7 Å². The normalized spacial score (nSPS) is 13.1. The molecule has 11 nitrogen and oxygen atoms in total. The van der Waals surface area contributed by atoms with Crippen LogP contribution in [0, 0.1) is 10.1 Å². The highest BCUT2D eigenvalue weighted by Crippen LogP contribution is 2.29. The Kier molecular flexibility index (Phi) is 7.23. The van der Waals surface area contributed by atoms with Gasteiger partial charge < -0.3 is 14.8 Å². The van der Waals surface area contributed by atoms with Gasteiger partial charge in [-0.1, -0.05) is 42.5 Å². The van der Waals surface area contributed by atoms with Gasteiger partial charge in [-0.2, -0.15) is 0 Å². The Bertz CT molecular complexity index is 1350. The molecular weight excluding hydrogens is 482 g/mol. The van der Waals surface area contributed by atoms with Gasteiger partial charge in [0.1, 0.15) is 17.5 Å². The van der Waals surface area contributed by atoms with Crippen LogP contribution in [0.4, 0.5) is 11.4 Å². The summed E-state index contributed by atoms with van der Waals surface area (Å²) < 4.78 is 10.2. The number of imide groups is 1. The molecule has 1 N–H and O–H groups in total. The van der Waals surface area contributed by atoms with E-state index >= 15 is 0 Å². The van der Waals surface area contributed by atoms with E-state index < -0.39 is 41.3 Å². The van der Waals surface area contributed by atoms with E-state index in [1.54, 1.807) is 42.5 Å². The quantitative estimate of drug-likeness (QED) is 0.203. The van der Waals surface area contributed by atoms with Crippen LogP contribution in [-0.2, 0) is 20.7 Å². The fourth-order valence-electron chi connectivity index (χ4n) is 3.93. The molecule has 188 valence electrons. The topological polar surface area (TPSA) is 145 Å². The third kappa shape index (κ3) is 5.30. The molecule has 1 aliphatic heterocycles. The predicted octanol–water partition coefficient (Wildman–Crippen LogP) is 2.99. The number of methoxy groups -OCH3 is 1. The average Bonchev–Trinajstić information content (AvgIpc) is 3.16. The zero-order chi connectivity index (χ0) is 26.5. The molecule has 0 fully saturated rings. The molecule has 4 rings (SSSR count). The summed E-state index contributed by atoms with van der Waals surface area (Å²) >= 11 is 0. The van der Waals surface area contributed by atoms with Crippen molar-refractivity contribution >= 4 is 35.1 Å². The number of fused-ring (bicyclic) bond motifs is 1. The molecule has 3 aromatic rings. The number of carbonyl (C=O) groups excluding carboxylic acids is 4. The van der Waals surface area contributed by atoms with Gasteiger partial charge in [-0.3, -0.25) is 29.4 Å². The first kappa shape index (κ1) is 25.0. The summed E-state index contributed by atoms with van der Waals surface area (Å²) in [6, 6.07) is 17.4. The first-order valence-electron chi connectivity index (χ1n) is 11.1. The average molecular weight is 503 g/mol. The zero-order valence-electron chi connectivity index (χ0n) is 19.6. The molecule has 0 radical (unpaired) electrons. The molecule has 0 unspecified atom stereocenters. The highest BCUT2D eigenvalue weighted by molar-refractivity contribution is 6.22. The van der Waals surface area contributed by atoms with Crippen molar-refractivity contribution in [1.82, 2.24) is 4.90 Å². The molecule has 0 spiro atoms. The van der Waals surface area contributed by atoms with Crippen molar-refractivity contribution in [1.29, 1.82) is 0 Å². The van der Waals surface area contributed by atoms with Gasteiger partial charge in [0.25, 0.3) is 23.4 Å². The molecular formula is C26H21N3O8. The van der Waals surface area contributed by atoms with Gasteiger partial charge >= 0.3 is 5.97 Å². The molecule has 11 heteroatoms. The van der Waals surface area contributed by atoms with E-state index in [0.717, 1.165) is 4.90 Å². The number of esters is 1. The van der Waals surface area contributed by atoms with Crippen molar-refractivity contribution in [2.45, 2.75) is 12.5 Å². The number of benzene rings is 3. The fraction of sp³-hybridized carbons (Fsp3) is 0.154. The molecule has 0 bridgehead atoms. The number of nitrogens with zero attached hydrogens (tertiary/aromatic N) is 2. The van der Waals surface area contributed by atoms with Crippen molar-refractivity contribution in [3.05, 3.63) is 99.6 Å². The summed E-state index contributed by atoms with van der Waals surface area (Å²) in [5.74, 6) is -2.85. The van der Waals surface area contributed by atoms with Gasteiger partial charge in [0.05, 0.1) is 23.2 Å². The maximum Gasteiger partial charge on any atom is 0.330 e. The van der Waals surface area contributed by atoms with E-state index in [0.29, 0.717) is 5.56 Å². The number of amides is 3. The molecule has 0 saturated heterocycles. The Hall–Kier alpha value is -5.06. The molecule has 1 aliphatic rings. The van der Waals surface area contributed by atoms with Crippen LogP contribution >= 0.6 is 0 Å².